The number of imide groups is 3. The summed E-state index contributed by atoms with van der Waals surface area (Å²) in [6.45, 7) is 1.61. The number of urea groups is 1. The number of hydrogen-bond acceptors (Lipinski definition) is 3. The SMILES string of the molecule is CC1(c2ccccc2)NC(=O)N(C(=O)c2cccc3ccccc23)C1=O. The third kappa shape index (κ3) is 2.29. The second kappa shape index (κ2) is 5.81. The van der Waals surface area contributed by atoms with Crippen LogP contribution in [0.1, 0.15) is 22.8 Å². The van der Waals surface area contributed by atoms with Gasteiger partial charge in [0.25, 0.3) is 11.8 Å². The molecule has 0 aromatic heterocycles. The van der Waals surface area contributed by atoms with Crippen LogP contribution in [0.4, 0.5) is 4.79 Å². The van der Waals surface area contributed by atoms with Crippen LogP contribution in [0.3, 0.4) is 0 Å². The second-order valence-corrected chi connectivity index (χ2v) is 6.39. The number of carbonyl (C=O) groups is 3. The minimum atomic E-state index is -1.27. The van der Waals surface area contributed by atoms with Gasteiger partial charge in [-0.15, -0.1) is 0 Å². The predicted octanol–water partition coefficient (Wildman–Crippen LogP) is 3.45. The van der Waals surface area contributed by atoms with E-state index in [9.17, 15) is 14.4 Å². The van der Waals surface area contributed by atoms with Gasteiger partial charge in [0, 0.05) is 5.56 Å². The zero-order valence-corrected chi connectivity index (χ0v) is 14.1. The van der Waals surface area contributed by atoms with Gasteiger partial charge in [0.1, 0.15) is 5.54 Å². The van der Waals surface area contributed by atoms with Crippen LogP contribution in [-0.4, -0.2) is 22.7 Å². The van der Waals surface area contributed by atoms with Crippen LogP contribution >= 0.6 is 0 Å². The summed E-state index contributed by atoms with van der Waals surface area (Å²) in [5.41, 5.74) is -0.311. The lowest BCUT2D eigenvalue weighted by Crippen LogP contribution is -2.42. The van der Waals surface area contributed by atoms with E-state index < -0.39 is 23.4 Å². The highest BCUT2D eigenvalue weighted by atomic mass is 16.2. The predicted molar refractivity (Wildman–Crippen MR) is 97.5 cm³/mol. The molecule has 1 saturated heterocycles. The van der Waals surface area contributed by atoms with Gasteiger partial charge in [-0.3, -0.25) is 9.59 Å². The molecule has 3 aromatic rings. The molecular weight excluding hydrogens is 328 g/mol. The average Bonchev–Trinajstić information content (AvgIpc) is 2.91. The molecule has 128 valence electrons. The largest absolute Gasteiger partial charge is 0.332 e. The molecule has 1 unspecified atom stereocenters. The quantitative estimate of drug-likeness (QED) is 0.572. The van der Waals surface area contributed by atoms with E-state index in [4.69, 9.17) is 0 Å². The van der Waals surface area contributed by atoms with Gasteiger partial charge in [-0.05, 0) is 29.3 Å². The van der Waals surface area contributed by atoms with Gasteiger partial charge >= 0.3 is 6.03 Å². The molecule has 26 heavy (non-hydrogen) atoms. The molecule has 4 amide bonds. The topological polar surface area (TPSA) is 66.5 Å². The minimum Gasteiger partial charge on any atom is -0.319 e. The molecule has 5 heteroatoms. The van der Waals surface area contributed by atoms with E-state index in [1.165, 1.54) is 0 Å². The fourth-order valence-electron chi connectivity index (χ4n) is 3.32. The third-order valence-electron chi connectivity index (χ3n) is 4.77. The van der Waals surface area contributed by atoms with Gasteiger partial charge in [0.2, 0.25) is 0 Å². The standard InChI is InChI=1S/C21H16N2O3/c1-21(15-10-3-2-4-11-15)19(25)23(20(26)22-21)18(24)17-13-7-9-14-8-5-6-12-16(14)17/h2-13H,1H3,(H,22,26). The van der Waals surface area contributed by atoms with Crippen molar-refractivity contribution in [2.24, 2.45) is 0 Å². The van der Waals surface area contributed by atoms with Crippen molar-refractivity contribution in [2.45, 2.75) is 12.5 Å². The number of carbonyl (C=O) groups excluding carboxylic acids is 3. The van der Waals surface area contributed by atoms with E-state index in [2.05, 4.69) is 5.32 Å². The normalized spacial score (nSPS) is 19.7. The Balaban J connectivity index is 1.77. The second-order valence-electron chi connectivity index (χ2n) is 6.39. The van der Waals surface area contributed by atoms with Crippen LogP contribution < -0.4 is 5.32 Å². The van der Waals surface area contributed by atoms with Crippen LogP contribution in [0.5, 0.6) is 0 Å². The minimum absolute atomic E-state index is 0.323. The lowest BCUT2D eigenvalue weighted by Gasteiger charge is -2.21. The van der Waals surface area contributed by atoms with Crippen LogP contribution in [0.15, 0.2) is 72.8 Å². The van der Waals surface area contributed by atoms with Crippen molar-refractivity contribution in [1.82, 2.24) is 10.2 Å². The van der Waals surface area contributed by atoms with E-state index >= 15 is 0 Å². The molecule has 0 bridgehead atoms. The van der Waals surface area contributed by atoms with Gasteiger partial charge in [-0.2, -0.15) is 4.90 Å². The molecule has 1 N–H and O–H groups in total. The van der Waals surface area contributed by atoms with Crippen molar-refractivity contribution < 1.29 is 14.4 Å². The molecule has 1 heterocycles. The number of nitrogens with one attached hydrogen (secondary N) is 1. The Morgan fingerprint density at radius 3 is 2.31 bits per heavy atom. The fourth-order valence-corrected chi connectivity index (χ4v) is 3.32. The lowest BCUT2D eigenvalue weighted by molar-refractivity contribution is -0.129. The Morgan fingerprint density at radius 2 is 1.54 bits per heavy atom. The summed E-state index contributed by atoms with van der Waals surface area (Å²) in [4.78, 5) is 39.3. The number of nitrogens with zero attached hydrogens (tertiary/aromatic N) is 1. The van der Waals surface area contributed by atoms with Gasteiger partial charge in [-0.1, -0.05) is 66.7 Å². The Hall–Kier alpha value is -3.47. The first-order chi connectivity index (χ1) is 12.5. The van der Waals surface area contributed by atoms with Crippen molar-refractivity contribution >= 4 is 28.6 Å². The lowest BCUT2D eigenvalue weighted by atomic mass is 9.92. The van der Waals surface area contributed by atoms with Gasteiger partial charge in [0.15, 0.2) is 0 Å². The molecular formula is C21H16N2O3. The van der Waals surface area contributed by atoms with E-state index in [0.29, 0.717) is 21.4 Å². The van der Waals surface area contributed by atoms with Crippen molar-refractivity contribution in [3.8, 4) is 0 Å². The Kier molecular flexibility index (Phi) is 3.58. The summed E-state index contributed by atoms with van der Waals surface area (Å²) in [7, 11) is 0. The molecule has 1 atom stereocenters. The maximum Gasteiger partial charge on any atom is 0.332 e. The van der Waals surface area contributed by atoms with Gasteiger partial charge in [0.05, 0.1) is 0 Å². The van der Waals surface area contributed by atoms with Gasteiger partial charge < -0.3 is 5.32 Å². The monoisotopic (exact) mass is 344 g/mol. The van der Waals surface area contributed by atoms with Crippen LogP contribution in [0.2, 0.25) is 0 Å². The third-order valence-corrected chi connectivity index (χ3v) is 4.77. The first-order valence-electron chi connectivity index (χ1n) is 8.27. The zero-order valence-electron chi connectivity index (χ0n) is 14.1. The van der Waals surface area contributed by atoms with E-state index in [1.807, 2.05) is 30.3 Å². The van der Waals surface area contributed by atoms with Crippen LogP contribution in [-0.2, 0) is 10.3 Å². The summed E-state index contributed by atoms with van der Waals surface area (Å²) in [6.07, 6.45) is 0. The number of benzene rings is 3. The van der Waals surface area contributed by atoms with E-state index in [0.717, 1.165) is 5.39 Å². The summed E-state index contributed by atoms with van der Waals surface area (Å²) >= 11 is 0. The molecule has 0 spiro atoms. The molecule has 5 nitrogen and oxygen atoms in total. The maximum atomic E-state index is 13.0. The summed E-state index contributed by atoms with van der Waals surface area (Å²) in [5.74, 6) is -1.20. The summed E-state index contributed by atoms with van der Waals surface area (Å²) in [6, 6.07) is 20.8. The molecule has 3 aromatic carbocycles. The Labute approximate surface area is 150 Å². The Morgan fingerprint density at radius 1 is 0.885 bits per heavy atom. The van der Waals surface area contributed by atoms with Crippen molar-refractivity contribution in [2.75, 3.05) is 0 Å². The van der Waals surface area contributed by atoms with E-state index in [-0.39, 0.29) is 0 Å². The smallest absolute Gasteiger partial charge is 0.319 e. The fraction of sp³-hybridized carbons (Fsp3) is 0.0952. The maximum absolute atomic E-state index is 13.0. The number of rotatable bonds is 2. The molecule has 1 aliphatic heterocycles. The molecule has 0 aliphatic carbocycles. The number of amides is 4. The zero-order chi connectivity index (χ0) is 18.3. The highest BCUT2D eigenvalue weighted by Crippen LogP contribution is 2.30. The molecule has 1 aliphatic rings. The van der Waals surface area contributed by atoms with E-state index in [1.54, 1.807) is 49.4 Å². The highest BCUT2D eigenvalue weighted by molar-refractivity contribution is 6.24. The van der Waals surface area contributed by atoms with Crippen LogP contribution in [0, 0.1) is 0 Å². The Bertz CT molecular complexity index is 1040. The number of fused-ring (bicyclic) bond motifs is 1. The van der Waals surface area contributed by atoms with Crippen molar-refractivity contribution in [1.29, 1.82) is 0 Å². The average molecular weight is 344 g/mol. The molecule has 4 rings (SSSR count). The number of hydrogen-bond donors (Lipinski definition) is 1. The highest BCUT2D eigenvalue weighted by Gasteiger charge is 2.51. The molecule has 0 saturated carbocycles. The summed E-state index contributed by atoms with van der Waals surface area (Å²) < 4.78 is 0. The van der Waals surface area contributed by atoms with Gasteiger partial charge in [-0.25, -0.2) is 4.79 Å². The van der Waals surface area contributed by atoms with Crippen LogP contribution in [0.25, 0.3) is 10.8 Å². The molecule has 1 fully saturated rings. The van der Waals surface area contributed by atoms with Crippen molar-refractivity contribution in [3.05, 3.63) is 83.9 Å². The first kappa shape index (κ1) is 16.0. The summed E-state index contributed by atoms with van der Waals surface area (Å²) in [5, 5.41) is 4.24. The van der Waals surface area contributed by atoms with Crippen molar-refractivity contribution in [3.63, 3.8) is 0 Å². The molecule has 0 radical (unpaired) electrons. The first-order valence-corrected chi connectivity index (χ1v) is 8.27.